The Hall–Kier alpha value is -1.38. The number of nitrogens with zero attached hydrogens (tertiary/aromatic N) is 1. The van der Waals surface area contributed by atoms with Crippen molar-refractivity contribution in [2.45, 2.75) is 20.3 Å². The standard InChI is InChI=1S/C9H12N2O/c1-6-3-7(2)11-5-8(6)4-9(10)12/h3,5H,4H2,1-2H3,(H2,10,12). The Morgan fingerprint density at radius 1 is 1.58 bits per heavy atom. The lowest BCUT2D eigenvalue weighted by atomic mass is 10.1. The number of pyridine rings is 1. The van der Waals surface area contributed by atoms with Gasteiger partial charge in [-0.15, -0.1) is 0 Å². The molecule has 0 spiro atoms. The predicted molar refractivity (Wildman–Crippen MR) is 46.6 cm³/mol. The van der Waals surface area contributed by atoms with E-state index in [4.69, 9.17) is 5.73 Å². The van der Waals surface area contributed by atoms with E-state index in [1.54, 1.807) is 6.20 Å². The first kappa shape index (κ1) is 8.71. The van der Waals surface area contributed by atoms with Crippen LogP contribution in [0.3, 0.4) is 0 Å². The molecule has 0 saturated carbocycles. The molecule has 0 radical (unpaired) electrons. The minimum Gasteiger partial charge on any atom is -0.369 e. The van der Waals surface area contributed by atoms with Crippen molar-refractivity contribution in [3.05, 3.63) is 29.1 Å². The average Bonchev–Trinajstić information content (AvgIpc) is 1.94. The predicted octanol–water partition coefficient (Wildman–Crippen LogP) is 0.726. The third kappa shape index (κ3) is 2.05. The summed E-state index contributed by atoms with van der Waals surface area (Å²) in [6, 6.07) is 1.94. The number of nitrogens with two attached hydrogens (primary N) is 1. The fourth-order valence-electron chi connectivity index (χ4n) is 1.10. The lowest BCUT2D eigenvalue weighted by molar-refractivity contribution is -0.117. The van der Waals surface area contributed by atoms with E-state index < -0.39 is 0 Å². The van der Waals surface area contributed by atoms with Crippen LogP contribution in [0.5, 0.6) is 0 Å². The molecule has 1 heterocycles. The summed E-state index contributed by atoms with van der Waals surface area (Å²) in [5.74, 6) is -0.316. The summed E-state index contributed by atoms with van der Waals surface area (Å²) in [5, 5.41) is 0. The first-order valence-electron chi connectivity index (χ1n) is 3.80. The summed E-state index contributed by atoms with van der Waals surface area (Å²) in [6.45, 7) is 3.87. The van der Waals surface area contributed by atoms with E-state index in [1.807, 2.05) is 19.9 Å². The first-order chi connectivity index (χ1) is 5.59. The number of hydrogen-bond donors (Lipinski definition) is 1. The van der Waals surface area contributed by atoms with Gasteiger partial charge in [0.15, 0.2) is 0 Å². The van der Waals surface area contributed by atoms with Crippen LogP contribution >= 0.6 is 0 Å². The number of aromatic nitrogens is 1. The zero-order valence-electron chi connectivity index (χ0n) is 7.29. The third-order valence-corrected chi connectivity index (χ3v) is 1.72. The van der Waals surface area contributed by atoms with Gasteiger partial charge in [0.2, 0.25) is 5.91 Å². The number of carbonyl (C=O) groups excluding carboxylic acids is 1. The van der Waals surface area contributed by atoms with Crippen molar-refractivity contribution in [2.24, 2.45) is 5.73 Å². The molecule has 0 aromatic carbocycles. The van der Waals surface area contributed by atoms with Crippen LogP contribution in [0.25, 0.3) is 0 Å². The second kappa shape index (κ2) is 3.34. The van der Waals surface area contributed by atoms with Crippen LogP contribution < -0.4 is 5.73 Å². The Bertz CT molecular complexity index is 307. The molecule has 1 aromatic rings. The van der Waals surface area contributed by atoms with Gasteiger partial charge in [-0.05, 0) is 31.0 Å². The molecule has 64 valence electrons. The molecular formula is C9H12N2O. The molecule has 12 heavy (non-hydrogen) atoms. The van der Waals surface area contributed by atoms with E-state index in [-0.39, 0.29) is 12.3 Å². The largest absolute Gasteiger partial charge is 0.369 e. The molecule has 1 rings (SSSR count). The quantitative estimate of drug-likeness (QED) is 0.700. The van der Waals surface area contributed by atoms with Gasteiger partial charge in [-0.1, -0.05) is 0 Å². The maximum atomic E-state index is 10.6. The smallest absolute Gasteiger partial charge is 0.221 e. The Labute approximate surface area is 71.6 Å². The molecule has 1 amide bonds. The van der Waals surface area contributed by atoms with E-state index in [0.717, 1.165) is 16.8 Å². The zero-order chi connectivity index (χ0) is 9.14. The van der Waals surface area contributed by atoms with Crippen molar-refractivity contribution in [2.75, 3.05) is 0 Å². The van der Waals surface area contributed by atoms with Gasteiger partial charge in [0, 0.05) is 11.9 Å². The Balaban J connectivity index is 2.93. The molecule has 0 atom stereocenters. The van der Waals surface area contributed by atoms with E-state index in [0.29, 0.717) is 0 Å². The Morgan fingerprint density at radius 3 is 2.75 bits per heavy atom. The summed E-state index contributed by atoms with van der Waals surface area (Å²) < 4.78 is 0. The highest BCUT2D eigenvalue weighted by Crippen LogP contribution is 2.07. The van der Waals surface area contributed by atoms with Crippen LogP contribution in [0.1, 0.15) is 16.8 Å². The van der Waals surface area contributed by atoms with Gasteiger partial charge < -0.3 is 5.73 Å². The van der Waals surface area contributed by atoms with Gasteiger partial charge in [0.1, 0.15) is 0 Å². The van der Waals surface area contributed by atoms with Crippen molar-refractivity contribution < 1.29 is 4.79 Å². The molecule has 0 aliphatic heterocycles. The minimum absolute atomic E-state index is 0.277. The molecule has 0 bridgehead atoms. The van der Waals surface area contributed by atoms with Crippen LogP contribution in [0.15, 0.2) is 12.3 Å². The Morgan fingerprint density at radius 2 is 2.25 bits per heavy atom. The monoisotopic (exact) mass is 164 g/mol. The summed E-state index contributed by atoms with van der Waals surface area (Å²) in [4.78, 5) is 14.7. The van der Waals surface area contributed by atoms with E-state index in [9.17, 15) is 4.79 Å². The highest BCUT2D eigenvalue weighted by atomic mass is 16.1. The van der Waals surface area contributed by atoms with Gasteiger partial charge in [-0.25, -0.2) is 0 Å². The molecule has 0 fully saturated rings. The second-order valence-electron chi connectivity index (χ2n) is 2.90. The van der Waals surface area contributed by atoms with Gasteiger partial charge >= 0.3 is 0 Å². The highest BCUT2D eigenvalue weighted by Gasteiger charge is 2.02. The van der Waals surface area contributed by atoms with Crippen LogP contribution in [0.2, 0.25) is 0 Å². The van der Waals surface area contributed by atoms with E-state index in [2.05, 4.69) is 4.98 Å². The molecular weight excluding hydrogens is 152 g/mol. The highest BCUT2D eigenvalue weighted by molar-refractivity contribution is 5.76. The van der Waals surface area contributed by atoms with Crippen molar-refractivity contribution in [3.63, 3.8) is 0 Å². The molecule has 0 saturated heterocycles. The molecule has 3 heteroatoms. The van der Waals surface area contributed by atoms with Crippen molar-refractivity contribution >= 4 is 5.91 Å². The van der Waals surface area contributed by atoms with Crippen LogP contribution in [0, 0.1) is 13.8 Å². The number of aryl methyl sites for hydroxylation is 2. The van der Waals surface area contributed by atoms with Crippen LogP contribution in [0.4, 0.5) is 0 Å². The third-order valence-electron chi connectivity index (χ3n) is 1.72. The summed E-state index contributed by atoms with van der Waals surface area (Å²) in [6.07, 6.45) is 1.98. The lowest BCUT2D eigenvalue weighted by Crippen LogP contribution is -2.14. The van der Waals surface area contributed by atoms with Gasteiger partial charge in [0.05, 0.1) is 6.42 Å². The maximum Gasteiger partial charge on any atom is 0.221 e. The first-order valence-corrected chi connectivity index (χ1v) is 3.80. The molecule has 3 nitrogen and oxygen atoms in total. The fraction of sp³-hybridized carbons (Fsp3) is 0.333. The normalized spacial score (nSPS) is 9.83. The van der Waals surface area contributed by atoms with Crippen molar-refractivity contribution in [1.29, 1.82) is 0 Å². The van der Waals surface area contributed by atoms with Crippen molar-refractivity contribution in [1.82, 2.24) is 4.98 Å². The zero-order valence-corrected chi connectivity index (χ0v) is 7.29. The molecule has 0 unspecified atom stereocenters. The summed E-state index contributed by atoms with van der Waals surface area (Å²) >= 11 is 0. The van der Waals surface area contributed by atoms with E-state index >= 15 is 0 Å². The fourth-order valence-corrected chi connectivity index (χ4v) is 1.10. The van der Waals surface area contributed by atoms with Crippen LogP contribution in [-0.4, -0.2) is 10.9 Å². The van der Waals surface area contributed by atoms with Gasteiger partial charge in [0.25, 0.3) is 0 Å². The van der Waals surface area contributed by atoms with Gasteiger partial charge in [-0.3, -0.25) is 9.78 Å². The number of amides is 1. The number of primary amides is 1. The number of carbonyl (C=O) groups is 1. The molecule has 1 aromatic heterocycles. The number of hydrogen-bond acceptors (Lipinski definition) is 2. The summed E-state index contributed by atoms with van der Waals surface area (Å²) in [7, 11) is 0. The summed E-state index contributed by atoms with van der Waals surface area (Å²) in [5.41, 5.74) is 8.00. The molecule has 2 N–H and O–H groups in total. The average molecular weight is 164 g/mol. The van der Waals surface area contributed by atoms with Crippen molar-refractivity contribution in [3.8, 4) is 0 Å². The lowest BCUT2D eigenvalue weighted by Gasteiger charge is -2.02. The Kier molecular flexibility index (Phi) is 2.43. The second-order valence-corrected chi connectivity index (χ2v) is 2.90. The SMILES string of the molecule is Cc1cc(C)c(CC(N)=O)cn1. The topological polar surface area (TPSA) is 56.0 Å². The minimum atomic E-state index is -0.316. The molecule has 0 aliphatic rings. The van der Waals surface area contributed by atoms with Crippen LogP contribution in [-0.2, 0) is 11.2 Å². The maximum absolute atomic E-state index is 10.6. The van der Waals surface area contributed by atoms with Gasteiger partial charge in [-0.2, -0.15) is 0 Å². The number of rotatable bonds is 2. The van der Waals surface area contributed by atoms with E-state index in [1.165, 1.54) is 0 Å². The molecule has 0 aliphatic carbocycles.